The molecule has 0 aliphatic heterocycles. The summed E-state index contributed by atoms with van der Waals surface area (Å²) in [6.07, 6.45) is 1.14. The lowest BCUT2D eigenvalue weighted by Crippen LogP contribution is -2.37. The van der Waals surface area contributed by atoms with Crippen LogP contribution in [-0.2, 0) is 0 Å². The van der Waals surface area contributed by atoms with Crippen molar-refractivity contribution in [3.63, 3.8) is 0 Å². The van der Waals surface area contributed by atoms with E-state index in [1.54, 1.807) is 0 Å². The Labute approximate surface area is 87.7 Å². The SMILES string of the molecule is CCCN(CCO)CC(C)(C)CS. The highest BCUT2D eigenvalue weighted by Crippen LogP contribution is 2.18. The zero-order chi connectivity index (χ0) is 10.3. The average Bonchev–Trinajstić information content (AvgIpc) is 2.05. The van der Waals surface area contributed by atoms with Crippen LogP contribution in [0.2, 0.25) is 0 Å². The van der Waals surface area contributed by atoms with Gasteiger partial charge in [-0.3, -0.25) is 0 Å². The molecule has 0 bridgehead atoms. The highest BCUT2D eigenvalue weighted by molar-refractivity contribution is 7.80. The number of hydrogen-bond acceptors (Lipinski definition) is 3. The van der Waals surface area contributed by atoms with Gasteiger partial charge in [-0.1, -0.05) is 20.8 Å². The summed E-state index contributed by atoms with van der Waals surface area (Å²) in [5.74, 6) is 0.888. The fraction of sp³-hybridized carbons (Fsp3) is 1.00. The normalized spacial score (nSPS) is 12.5. The lowest BCUT2D eigenvalue weighted by atomic mass is 9.95. The Morgan fingerprint density at radius 1 is 1.31 bits per heavy atom. The average molecular weight is 205 g/mol. The second-order valence-electron chi connectivity index (χ2n) is 4.32. The first kappa shape index (κ1) is 13.3. The molecule has 0 aliphatic carbocycles. The molecule has 1 N–H and O–H groups in total. The fourth-order valence-electron chi connectivity index (χ4n) is 1.38. The van der Waals surface area contributed by atoms with E-state index in [-0.39, 0.29) is 12.0 Å². The van der Waals surface area contributed by atoms with Crippen molar-refractivity contribution < 1.29 is 5.11 Å². The van der Waals surface area contributed by atoms with Crippen LogP contribution in [0.3, 0.4) is 0 Å². The minimum Gasteiger partial charge on any atom is -0.395 e. The lowest BCUT2D eigenvalue weighted by molar-refractivity contribution is 0.154. The number of thiol groups is 1. The molecule has 0 rings (SSSR count). The van der Waals surface area contributed by atoms with Gasteiger partial charge in [-0.05, 0) is 24.1 Å². The van der Waals surface area contributed by atoms with Gasteiger partial charge in [-0.25, -0.2) is 0 Å². The summed E-state index contributed by atoms with van der Waals surface area (Å²) in [6.45, 7) is 9.70. The monoisotopic (exact) mass is 205 g/mol. The van der Waals surface area contributed by atoms with Gasteiger partial charge in [0.05, 0.1) is 6.61 Å². The number of hydrogen-bond donors (Lipinski definition) is 2. The van der Waals surface area contributed by atoms with Crippen molar-refractivity contribution in [3.8, 4) is 0 Å². The van der Waals surface area contributed by atoms with Crippen molar-refractivity contribution in [2.45, 2.75) is 27.2 Å². The van der Waals surface area contributed by atoms with Crippen LogP contribution in [0.4, 0.5) is 0 Å². The van der Waals surface area contributed by atoms with Crippen molar-refractivity contribution >= 4 is 12.6 Å². The first-order valence-electron chi connectivity index (χ1n) is 5.00. The summed E-state index contributed by atoms with van der Waals surface area (Å²) in [6, 6.07) is 0. The predicted octanol–water partition coefficient (Wildman–Crippen LogP) is 1.65. The van der Waals surface area contributed by atoms with Gasteiger partial charge in [0.1, 0.15) is 0 Å². The quantitative estimate of drug-likeness (QED) is 0.617. The molecule has 13 heavy (non-hydrogen) atoms. The third kappa shape index (κ3) is 6.36. The summed E-state index contributed by atoms with van der Waals surface area (Å²) >= 11 is 4.32. The van der Waals surface area contributed by atoms with Gasteiger partial charge in [0.2, 0.25) is 0 Å². The van der Waals surface area contributed by atoms with E-state index in [1.807, 2.05) is 0 Å². The van der Waals surface area contributed by atoms with Gasteiger partial charge in [0.25, 0.3) is 0 Å². The van der Waals surface area contributed by atoms with Crippen LogP contribution in [0.25, 0.3) is 0 Å². The Hall–Kier alpha value is 0.270. The van der Waals surface area contributed by atoms with Gasteiger partial charge in [0, 0.05) is 13.1 Å². The van der Waals surface area contributed by atoms with Gasteiger partial charge >= 0.3 is 0 Å². The molecule has 0 fully saturated rings. The zero-order valence-corrected chi connectivity index (χ0v) is 9.98. The highest BCUT2D eigenvalue weighted by Gasteiger charge is 2.19. The molecule has 80 valence electrons. The molecule has 0 amide bonds. The minimum atomic E-state index is 0.244. The first-order valence-corrected chi connectivity index (χ1v) is 5.63. The fourth-order valence-corrected chi connectivity index (χ4v) is 1.48. The largest absolute Gasteiger partial charge is 0.395 e. The molecular formula is C10H23NOS. The highest BCUT2D eigenvalue weighted by atomic mass is 32.1. The van der Waals surface area contributed by atoms with Crippen molar-refractivity contribution in [1.82, 2.24) is 4.90 Å². The van der Waals surface area contributed by atoms with Crippen molar-refractivity contribution in [1.29, 1.82) is 0 Å². The Morgan fingerprint density at radius 2 is 1.92 bits per heavy atom. The van der Waals surface area contributed by atoms with Crippen LogP contribution in [-0.4, -0.2) is 42.0 Å². The van der Waals surface area contributed by atoms with E-state index in [0.29, 0.717) is 0 Å². The molecule has 0 spiro atoms. The van der Waals surface area contributed by atoms with Crippen LogP contribution in [0.15, 0.2) is 0 Å². The van der Waals surface area contributed by atoms with E-state index in [9.17, 15) is 0 Å². The maximum Gasteiger partial charge on any atom is 0.0558 e. The van der Waals surface area contributed by atoms with E-state index >= 15 is 0 Å². The Bertz CT molecular complexity index is 122. The van der Waals surface area contributed by atoms with Crippen LogP contribution in [0, 0.1) is 5.41 Å². The number of nitrogens with zero attached hydrogens (tertiary/aromatic N) is 1. The third-order valence-corrected chi connectivity index (χ3v) is 2.89. The van der Waals surface area contributed by atoms with E-state index in [1.165, 1.54) is 0 Å². The smallest absolute Gasteiger partial charge is 0.0558 e. The van der Waals surface area contributed by atoms with E-state index in [2.05, 4.69) is 38.3 Å². The second kappa shape index (κ2) is 6.68. The van der Waals surface area contributed by atoms with E-state index < -0.39 is 0 Å². The number of aliphatic hydroxyl groups is 1. The van der Waals surface area contributed by atoms with Crippen molar-refractivity contribution in [2.24, 2.45) is 5.41 Å². The van der Waals surface area contributed by atoms with Crippen molar-refractivity contribution in [2.75, 3.05) is 32.0 Å². The van der Waals surface area contributed by atoms with Crippen LogP contribution >= 0.6 is 12.6 Å². The molecule has 0 atom stereocenters. The van der Waals surface area contributed by atoms with Gasteiger partial charge < -0.3 is 10.0 Å². The molecule has 0 aromatic carbocycles. The lowest BCUT2D eigenvalue weighted by Gasteiger charge is -2.30. The Morgan fingerprint density at radius 3 is 2.31 bits per heavy atom. The van der Waals surface area contributed by atoms with E-state index in [0.717, 1.165) is 31.8 Å². The molecule has 0 aliphatic rings. The molecule has 0 unspecified atom stereocenters. The maximum absolute atomic E-state index is 8.87. The van der Waals surface area contributed by atoms with E-state index in [4.69, 9.17) is 5.11 Å². The zero-order valence-electron chi connectivity index (χ0n) is 9.08. The standard InChI is InChI=1S/C10H23NOS/c1-4-5-11(6-7-12)8-10(2,3)9-13/h12-13H,4-9H2,1-3H3. The number of rotatable bonds is 7. The Kier molecular flexibility index (Phi) is 6.82. The number of aliphatic hydroxyl groups excluding tert-OH is 1. The molecule has 3 heteroatoms. The molecule has 0 saturated heterocycles. The molecule has 0 saturated carbocycles. The molecular weight excluding hydrogens is 182 g/mol. The molecule has 0 aromatic rings. The topological polar surface area (TPSA) is 23.5 Å². The molecule has 0 aromatic heterocycles. The summed E-state index contributed by atoms with van der Waals surface area (Å²) < 4.78 is 0. The van der Waals surface area contributed by atoms with Crippen LogP contribution < -0.4 is 0 Å². The maximum atomic E-state index is 8.87. The van der Waals surface area contributed by atoms with Crippen molar-refractivity contribution in [3.05, 3.63) is 0 Å². The Balaban J connectivity index is 3.92. The first-order chi connectivity index (χ1) is 6.05. The van der Waals surface area contributed by atoms with Gasteiger partial charge in [-0.2, -0.15) is 12.6 Å². The second-order valence-corrected chi connectivity index (χ2v) is 4.64. The van der Waals surface area contributed by atoms with Gasteiger partial charge in [-0.15, -0.1) is 0 Å². The summed E-state index contributed by atoms with van der Waals surface area (Å²) in [5.41, 5.74) is 0.244. The molecule has 2 nitrogen and oxygen atoms in total. The third-order valence-electron chi connectivity index (χ3n) is 2.04. The summed E-state index contributed by atoms with van der Waals surface area (Å²) in [4.78, 5) is 2.30. The van der Waals surface area contributed by atoms with Crippen LogP contribution in [0.1, 0.15) is 27.2 Å². The van der Waals surface area contributed by atoms with Gasteiger partial charge in [0.15, 0.2) is 0 Å². The predicted molar refractivity (Wildman–Crippen MR) is 61.5 cm³/mol. The van der Waals surface area contributed by atoms with Crippen LogP contribution in [0.5, 0.6) is 0 Å². The summed E-state index contributed by atoms with van der Waals surface area (Å²) in [7, 11) is 0. The molecule has 0 heterocycles. The minimum absolute atomic E-state index is 0.244. The molecule has 0 radical (unpaired) electrons. The summed E-state index contributed by atoms with van der Waals surface area (Å²) in [5, 5.41) is 8.87.